The van der Waals surface area contributed by atoms with E-state index in [0.717, 1.165) is 31.6 Å². The lowest BCUT2D eigenvalue weighted by Crippen LogP contribution is -2.25. The van der Waals surface area contributed by atoms with Crippen LogP contribution in [-0.2, 0) is 5.41 Å². The van der Waals surface area contributed by atoms with Crippen molar-refractivity contribution in [1.29, 1.82) is 0 Å². The van der Waals surface area contributed by atoms with Crippen LogP contribution in [0.3, 0.4) is 0 Å². The summed E-state index contributed by atoms with van der Waals surface area (Å²) in [5, 5.41) is 0. The van der Waals surface area contributed by atoms with Gasteiger partial charge >= 0.3 is 0 Å². The molecular weight excluding hydrogens is 747 g/mol. The third-order valence-electron chi connectivity index (χ3n) is 14.9. The number of fused-ring (bicyclic) bond motifs is 3. The summed E-state index contributed by atoms with van der Waals surface area (Å²) < 4.78 is 0. The van der Waals surface area contributed by atoms with Crippen LogP contribution in [0.2, 0.25) is 0 Å². The summed E-state index contributed by atoms with van der Waals surface area (Å²) in [5.41, 5.74) is 20.0. The van der Waals surface area contributed by atoms with Crippen molar-refractivity contribution in [2.75, 3.05) is 4.90 Å². The van der Waals surface area contributed by atoms with Crippen molar-refractivity contribution in [3.8, 4) is 44.5 Å². The highest BCUT2D eigenvalue weighted by molar-refractivity contribution is 5.87. The van der Waals surface area contributed by atoms with Gasteiger partial charge in [0.25, 0.3) is 0 Å². The Morgan fingerprint density at radius 2 is 0.871 bits per heavy atom. The summed E-state index contributed by atoms with van der Waals surface area (Å²) in [7, 11) is 0. The smallest absolute Gasteiger partial charge is 0.0465 e. The zero-order chi connectivity index (χ0) is 41.9. The van der Waals surface area contributed by atoms with Gasteiger partial charge in [-0.3, -0.25) is 0 Å². The van der Waals surface area contributed by atoms with E-state index >= 15 is 0 Å². The first-order valence-electron chi connectivity index (χ1n) is 24.2. The van der Waals surface area contributed by atoms with E-state index in [2.05, 4.69) is 183 Å². The molecule has 0 heterocycles. The van der Waals surface area contributed by atoms with Gasteiger partial charge in [0.1, 0.15) is 0 Å². The Labute approximate surface area is 371 Å². The second-order valence-corrected chi connectivity index (χ2v) is 18.8. The molecule has 0 aromatic heterocycles. The summed E-state index contributed by atoms with van der Waals surface area (Å²) in [4.78, 5) is 2.49. The lowest BCUT2D eigenvalue weighted by molar-refractivity contribution is 0.436. The first kappa shape index (κ1) is 40.4. The van der Waals surface area contributed by atoms with Crippen LogP contribution < -0.4 is 4.90 Å². The SMILES string of the molecule is CCCC1(CCC)c2ccccc2-c2ccc(N(c3ccc(-c4cccc(-c5ccc(C6CCCCC6)cc5)c4)cc3)c3ccc(-c4cccc(C5CCCCC5)c4)cc3)cc21. The minimum absolute atomic E-state index is 0.0232. The van der Waals surface area contributed by atoms with E-state index in [4.69, 9.17) is 0 Å². The highest BCUT2D eigenvalue weighted by Gasteiger charge is 2.42. The molecule has 0 atom stereocenters. The van der Waals surface area contributed by atoms with Gasteiger partial charge in [-0.2, -0.15) is 0 Å². The topological polar surface area (TPSA) is 3.24 Å². The average molecular weight is 810 g/mol. The minimum Gasteiger partial charge on any atom is -0.310 e. The standard InChI is InChI=1S/C61H63N/c1-3-39-61(40-4-2)59-24-12-11-23-57(59)58-38-37-56(43-60(58)61)62(54-33-29-48(30-34-54)52-21-13-19-50(41-52)45-17-9-6-10-18-45)55-35-31-49(32-36-55)53-22-14-20-51(42-53)47-27-25-46(26-28-47)44-15-7-5-8-16-44/h11-14,19-38,41-45H,3-10,15-18,39-40H2,1-2H3. The Morgan fingerprint density at radius 3 is 1.45 bits per heavy atom. The number of hydrogen-bond donors (Lipinski definition) is 0. The van der Waals surface area contributed by atoms with E-state index in [1.807, 2.05) is 0 Å². The van der Waals surface area contributed by atoms with Crippen molar-refractivity contribution in [1.82, 2.24) is 0 Å². The number of anilines is 3. The van der Waals surface area contributed by atoms with Crippen molar-refractivity contribution >= 4 is 17.1 Å². The van der Waals surface area contributed by atoms with Gasteiger partial charge in [-0.05, 0) is 160 Å². The predicted molar refractivity (Wildman–Crippen MR) is 265 cm³/mol. The maximum absolute atomic E-state index is 2.54. The quantitative estimate of drug-likeness (QED) is 0.119. The summed E-state index contributed by atoms with van der Waals surface area (Å²) >= 11 is 0. The molecular formula is C61H63N. The van der Waals surface area contributed by atoms with Crippen molar-refractivity contribution < 1.29 is 0 Å². The summed E-state index contributed by atoms with van der Waals surface area (Å²) in [6.45, 7) is 4.71. The first-order valence-corrected chi connectivity index (χ1v) is 24.2. The lowest BCUT2D eigenvalue weighted by Gasteiger charge is -2.33. The maximum Gasteiger partial charge on any atom is 0.0465 e. The van der Waals surface area contributed by atoms with Crippen molar-refractivity contribution in [2.45, 2.75) is 121 Å². The maximum atomic E-state index is 2.54. The number of nitrogens with zero attached hydrogens (tertiary/aromatic N) is 1. The molecule has 1 heteroatoms. The predicted octanol–water partition coefficient (Wildman–Crippen LogP) is 18.1. The molecule has 312 valence electrons. The highest BCUT2D eigenvalue weighted by Crippen LogP contribution is 2.55. The zero-order valence-electron chi connectivity index (χ0n) is 37.1. The molecule has 0 radical (unpaired) electrons. The van der Waals surface area contributed by atoms with E-state index in [1.54, 1.807) is 0 Å². The van der Waals surface area contributed by atoms with E-state index in [-0.39, 0.29) is 5.41 Å². The van der Waals surface area contributed by atoms with Crippen LogP contribution in [0.4, 0.5) is 17.1 Å². The van der Waals surface area contributed by atoms with Crippen molar-refractivity contribution in [3.05, 3.63) is 186 Å². The molecule has 2 fully saturated rings. The fourth-order valence-electron chi connectivity index (χ4n) is 11.8. The van der Waals surface area contributed by atoms with Gasteiger partial charge in [-0.1, -0.05) is 187 Å². The normalized spacial score (nSPS) is 16.2. The van der Waals surface area contributed by atoms with Crippen LogP contribution in [0, 0.1) is 0 Å². The second kappa shape index (κ2) is 18.0. The second-order valence-electron chi connectivity index (χ2n) is 18.8. The average Bonchev–Trinajstić information content (AvgIpc) is 3.61. The molecule has 0 bridgehead atoms. The van der Waals surface area contributed by atoms with Crippen LogP contribution in [0.5, 0.6) is 0 Å². The van der Waals surface area contributed by atoms with E-state index < -0.39 is 0 Å². The summed E-state index contributed by atoms with van der Waals surface area (Å²) in [6, 6.07) is 63.1. The molecule has 3 aliphatic carbocycles. The third-order valence-corrected chi connectivity index (χ3v) is 14.9. The Hall–Kier alpha value is -5.66. The highest BCUT2D eigenvalue weighted by atomic mass is 15.1. The fourth-order valence-corrected chi connectivity index (χ4v) is 11.8. The Balaban J connectivity index is 1.01. The molecule has 1 nitrogen and oxygen atoms in total. The molecule has 7 aromatic carbocycles. The minimum atomic E-state index is 0.0232. The molecule has 62 heavy (non-hydrogen) atoms. The van der Waals surface area contributed by atoms with Gasteiger partial charge in [0.2, 0.25) is 0 Å². The largest absolute Gasteiger partial charge is 0.310 e. The number of rotatable bonds is 12. The molecule has 0 saturated heterocycles. The molecule has 3 aliphatic rings. The van der Waals surface area contributed by atoms with Gasteiger partial charge in [0.15, 0.2) is 0 Å². The van der Waals surface area contributed by atoms with E-state index in [0.29, 0.717) is 5.92 Å². The summed E-state index contributed by atoms with van der Waals surface area (Å²) in [6.07, 6.45) is 18.1. The summed E-state index contributed by atoms with van der Waals surface area (Å²) in [5.74, 6) is 1.42. The van der Waals surface area contributed by atoms with Gasteiger partial charge in [-0.25, -0.2) is 0 Å². The third kappa shape index (κ3) is 7.85. The molecule has 0 aliphatic heterocycles. The Morgan fingerprint density at radius 1 is 0.387 bits per heavy atom. The zero-order valence-corrected chi connectivity index (χ0v) is 37.1. The molecule has 10 rings (SSSR count). The number of benzene rings is 7. The fraction of sp³-hybridized carbons (Fsp3) is 0.311. The lowest BCUT2D eigenvalue weighted by atomic mass is 9.71. The van der Waals surface area contributed by atoms with Gasteiger partial charge in [-0.15, -0.1) is 0 Å². The van der Waals surface area contributed by atoms with Crippen LogP contribution in [0.25, 0.3) is 44.5 Å². The van der Waals surface area contributed by atoms with Crippen molar-refractivity contribution in [3.63, 3.8) is 0 Å². The van der Waals surface area contributed by atoms with E-state index in [1.165, 1.54) is 148 Å². The molecule has 0 amide bonds. The first-order chi connectivity index (χ1) is 30.6. The van der Waals surface area contributed by atoms with Crippen LogP contribution in [0.15, 0.2) is 164 Å². The van der Waals surface area contributed by atoms with Crippen molar-refractivity contribution in [2.24, 2.45) is 0 Å². The van der Waals surface area contributed by atoms with Gasteiger partial charge in [0.05, 0.1) is 0 Å². The number of hydrogen-bond acceptors (Lipinski definition) is 1. The van der Waals surface area contributed by atoms with Crippen LogP contribution in [-0.4, -0.2) is 0 Å². The monoisotopic (exact) mass is 809 g/mol. The molecule has 0 spiro atoms. The van der Waals surface area contributed by atoms with Gasteiger partial charge < -0.3 is 4.90 Å². The van der Waals surface area contributed by atoms with Gasteiger partial charge in [0, 0.05) is 22.5 Å². The Bertz CT molecular complexity index is 2590. The molecule has 2 saturated carbocycles. The van der Waals surface area contributed by atoms with E-state index in [9.17, 15) is 0 Å². The van der Waals surface area contributed by atoms with Crippen LogP contribution >= 0.6 is 0 Å². The van der Waals surface area contributed by atoms with Crippen LogP contribution in [0.1, 0.15) is 138 Å². The molecule has 0 N–H and O–H groups in total. The molecule has 0 unspecified atom stereocenters. The molecule has 7 aromatic rings. The Kier molecular flexibility index (Phi) is 11.7.